The minimum absolute atomic E-state index is 0.0300. The summed E-state index contributed by atoms with van der Waals surface area (Å²) < 4.78 is 5.17. The predicted molar refractivity (Wildman–Crippen MR) is 164 cm³/mol. The van der Waals surface area contributed by atoms with Crippen molar-refractivity contribution in [3.63, 3.8) is 0 Å². The van der Waals surface area contributed by atoms with Crippen LogP contribution in [0.5, 0.6) is 0 Å². The minimum atomic E-state index is -0.700. The van der Waals surface area contributed by atoms with Crippen molar-refractivity contribution in [1.29, 1.82) is 0 Å². The number of amides is 2. The molecule has 43 heavy (non-hydrogen) atoms. The van der Waals surface area contributed by atoms with E-state index in [-0.39, 0.29) is 16.8 Å². The summed E-state index contributed by atoms with van der Waals surface area (Å²) >= 11 is 0. The standard InChI is InChI=1S/C32H32N6O5/c1-43-19-5-14-35-15-17-36(18-16-35)21-22-10-11-23(12-13-27-24-6-2-3-8-26(24)33-34-27)29(20-22)37-31(39)25-7-4-9-28(38(41)42)30(25)32(37)40/h2-4,6-13,20H,5,14-19,21H2,1H3,(H,33,34)/b13-12+. The molecule has 0 spiro atoms. The summed E-state index contributed by atoms with van der Waals surface area (Å²) in [6.45, 7) is 6.11. The van der Waals surface area contributed by atoms with E-state index in [0.717, 1.165) is 67.1 Å². The molecule has 0 saturated carbocycles. The summed E-state index contributed by atoms with van der Waals surface area (Å²) in [7, 11) is 1.72. The number of H-pyrrole nitrogens is 1. The molecule has 0 aliphatic carbocycles. The average Bonchev–Trinajstić information content (AvgIpc) is 3.55. The molecule has 2 amide bonds. The van der Waals surface area contributed by atoms with E-state index in [2.05, 4.69) is 20.0 Å². The number of benzene rings is 3. The summed E-state index contributed by atoms with van der Waals surface area (Å²) in [4.78, 5) is 44.2. The second kappa shape index (κ2) is 12.3. The largest absolute Gasteiger partial charge is 0.385 e. The maximum absolute atomic E-state index is 13.7. The van der Waals surface area contributed by atoms with Crippen molar-refractivity contribution in [3.8, 4) is 0 Å². The van der Waals surface area contributed by atoms with Gasteiger partial charge >= 0.3 is 0 Å². The molecule has 1 aromatic heterocycles. The molecule has 2 aliphatic heterocycles. The molecular formula is C32H32N6O5. The van der Waals surface area contributed by atoms with Crippen LogP contribution in [0.25, 0.3) is 23.1 Å². The van der Waals surface area contributed by atoms with Crippen molar-refractivity contribution in [1.82, 2.24) is 20.0 Å². The van der Waals surface area contributed by atoms with Gasteiger partial charge in [-0.1, -0.05) is 42.5 Å². The van der Waals surface area contributed by atoms with Crippen LogP contribution in [0.2, 0.25) is 0 Å². The van der Waals surface area contributed by atoms with E-state index in [9.17, 15) is 19.7 Å². The van der Waals surface area contributed by atoms with Crippen molar-refractivity contribution in [3.05, 3.63) is 98.7 Å². The van der Waals surface area contributed by atoms with Gasteiger partial charge in [0.05, 0.1) is 27.4 Å². The van der Waals surface area contributed by atoms with Crippen LogP contribution in [0.4, 0.5) is 11.4 Å². The number of aromatic nitrogens is 2. The quantitative estimate of drug-likeness (QED) is 0.125. The molecule has 1 fully saturated rings. The van der Waals surface area contributed by atoms with Gasteiger partial charge in [0.2, 0.25) is 0 Å². The topological polar surface area (TPSA) is 125 Å². The fourth-order valence-electron chi connectivity index (χ4n) is 5.80. The van der Waals surface area contributed by atoms with Crippen LogP contribution < -0.4 is 4.90 Å². The number of ether oxygens (including phenoxy) is 1. The number of fused-ring (bicyclic) bond motifs is 2. The van der Waals surface area contributed by atoms with Crippen LogP contribution in [0.15, 0.2) is 60.7 Å². The molecule has 11 nitrogen and oxygen atoms in total. The highest BCUT2D eigenvalue weighted by atomic mass is 16.6. The van der Waals surface area contributed by atoms with E-state index in [4.69, 9.17) is 4.74 Å². The molecule has 0 unspecified atom stereocenters. The lowest BCUT2D eigenvalue weighted by Gasteiger charge is -2.34. The molecule has 11 heteroatoms. The fraction of sp³-hybridized carbons (Fsp3) is 0.281. The first kappa shape index (κ1) is 28.4. The van der Waals surface area contributed by atoms with Gasteiger partial charge in [-0.05, 0) is 41.8 Å². The molecule has 0 bridgehead atoms. The molecule has 0 atom stereocenters. The number of para-hydroxylation sites is 1. The van der Waals surface area contributed by atoms with Gasteiger partial charge < -0.3 is 9.64 Å². The molecule has 0 radical (unpaired) electrons. The third-order valence-electron chi connectivity index (χ3n) is 8.04. The van der Waals surface area contributed by atoms with Crippen molar-refractivity contribution in [2.24, 2.45) is 0 Å². The smallest absolute Gasteiger partial charge is 0.283 e. The van der Waals surface area contributed by atoms with Crippen molar-refractivity contribution in [2.45, 2.75) is 13.0 Å². The lowest BCUT2D eigenvalue weighted by atomic mass is 10.1. The van der Waals surface area contributed by atoms with Crippen LogP contribution in [0.1, 0.15) is 44.0 Å². The zero-order valence-corrected chi connectivity index (χ0v) is 23.9. The first-order valence-electron chi connectivity index (χ1n) is 14.3. The maximum atomic E-state index is 13.7. The van der Waals surface area contributed by atoms with Crippen molar-refractivity contribution in [2.75, 3.05) is 51.3 Å². The molecule has 1 saturated heterocycles. The summed E-state index contributed by atoms with van der Waals surface area (Å²) in [6, 6.07) is 17.6. The maximum Gasteiger partial charge on any atom is 0.283 e. The number of piperazine rings is 1. The average molecular weight is 581 g/mol. The molecule has 6 rings (SSSR count). The number of methoxy groups -OCH3 is 1. The number of nitro groups is 1. The highest BCUT2D eigenvalue weighted by molar-refractivity contribution is 6.36. The number of hydrogen-bond donors (Lipinski definition) is 1. The van der Waals surface area contributed by atoms with Crippen LogP contribution in [0.3, 0.4) is 0 Å². The Balaban J connectivity index is 1.31. The molecule has 2 aliphatic rings. The van der Waals surface area contributed by atoms with E-state index >= 15 is 0 Å². The lowest BCUT2D eigenvalue weighted by molar-refractivity contribution is -0.385. The number of carbonyl (C=O) groups excluding carboxylic acids is 2. The van der Waals surface area contributed by atoms with Crippen LogP contribution in [0, 0.1) is 10.1 Å². The van der Waals surface area contributed by atoms with Crippen LogP contribution in [-0.2, 0) is 11.3 Å². The summed E-state index contributed by atoms with van der Waals surface area (Å²) in [6.07, 6.45) is 4.65. The highest BCUT2D eigenvalue weighted by Crippen LogP contribution is 2.36. The second-order valence-electron chi connectivity index (χ2n) is 10.7. The van der Waals surface area contributed by atoms with E-state index in [1.165, 1.54) is 18.2 Å². The third kappa shape index (κ3) is 5.70. The minimum Gasteiger partial charge on any atom is -0.385 e. The molecule has 220 valence electrons. The Labute approximate surface area is 248 Å². The first-order valence-corrected chi connectivity index (χ1v) is 14.3. The summed E-state index contributed by atoms with van der Waals surface area (Å²) in [5.41, 5.74) is 3.02. The normalized spacial score (nSPS) is 16.1. The lowest BCUT2D eigenvalue weighted by Crippen LogP contribution is -2.46. The van der Waals surface area contributed by atoms with Gasteiger partial charge in [-0.2, -0.15) is 5.10 Å². The Bertz CT molecular complexity index is 1720. The number of hydrogen-bond acceptors (Lipinski definition) is 8. The third-order valence-corrected chi connectivity index (χ3v) is 8.04. The van der Waals surface area contributed by atoms with E-state index in [1.807, 2.05) is 54.6 Å². The van der Waals surface area contributed by atoms with Gasteiger partial charge in [0.1, 0.15) is 5.56 Å². The summed E-state index contributed by atoms with van der Waals surface area (Å²) in [5.74, 6) is -1.28. The number of carbonyl (C=O) groups is 2. The van der Waals surface area contributed by atoms with Gasteiger partial charge in [0, 0.05) is 64.4 Å². The molecule has 3 aromatic carbocycles. The van der Waals surface area contributed by atoms with Gasteiger partial charge in [-0.3, -0.25) is 29.7 Å². The molecule has 3 heterocycles. The number of nitro benzene ring substituents is 1. The van der Waals surface area contributed by atoms with Crippen LogP contribution >= 0.6 is 0 Å². The molecular weight excluding hydrogens is 548 g/mol. The molecule has 4 aromatic rings. The number of imide groups is 1. The van der Waals surface area contributed by atoms with Gasteiger partial charge in [-0.25, -0.2) is 4.90 Å². The first-order chi connectivity index (χ1) is 20.9. The Morgan fingerprint density at radius 1 is 0.977 bits per heavy atom. The van der Waals surface area contributed by atoms with E-state index in [1.54, 1.807) is 7.11 Å². The predicted octanol–water partition coefficient (Wildman–Crippen LogP) is 4.60. The van der Waals surface area contributed by atoms with Gasteiger partial charge in [0.15, 0.2) is 0 Å². The Kier molecular flexibility index (Phi) is 8.10. The van der Waals surface area contributed by atoms with Crippen LogP contribution in [-0.4, -0.2) is 83.2 Å². The van der Waals surface area contributed by atoms with E-state index in [0.29, 0.717) is 23.5 Å². The second-order valence-corrected chi connectivity index (χ2v) is 10.7. The summed E-state index contributed by atoms with van der Waals surface area (Å²) in [5, 5.41) is 20.1. The van der Waals surface area contributed by atoms with Gasteiger partial charge in [-0.15, -0.1) is 0 Å². The number of rotatable bonds is 10. The molecule has 1 N–H and O–H groups in total. The van der Waals surface area contributed by atoms with Crippen molar-refractivity contribution < 1.29 is 19.2 Å². The Morgan fingerprint density at radius 2 is 1.77 bits per heavy atom. The Hall–Kier alpha value is -4.71. The highest BCUT2D eigenvalue weighted by Gasteiger charge is 2.42. The number of nitrogens with one attached hydrogen (secondary N) is 1. The monoisotopic (exact) mass is 580 g/mol. The Morgan fingerprint density at radius 3 is 2.56 bits per heavy atom. The zero-order chi connectivity index (χ0) is 29.9. The SMILES string of the molecule is COCCCN1CCN(Cc2ccc(/C=C/c3n[nH]c4ccccc34)c(N3C(=O)c4cccc([N+](=O)[O-])c4C3=O)c2)CC1. The number of nitrogens with zero attached hydrogens (tertiary/aromatic N) is 5. The fourth-order valence-corrected chi connectivity index (χ4v) is 5.80. The number of anilines is 1. The zero-order valence-electron chi connectivity index (χ0n) is 23.9. The number of aromatic amines is 1. The van der Waals surface area contributed by atoms with Crippen molar-refractivity contribution >= 4 is 46.2 Å². The van der Waals surface area contributed by atoms with Gasteiger partial charge in [0.25, 0.3) is 17.5 Å². The van der Waals surface area contributed by atoms with E-state index < -0.39 is 16.7 Å².